The summed E-state index contributed by atoms with van der Waals surface area (Å²) in [6.45, 7) is 5.70. The van der Waals surface area contributed by atoms with Crippen molar-refractivity contribution in [3.63, 3.8) is 0 Å². The Morgan fingerprint density at radius 2 is 1.71 bits per heavy atom. The maximum Gasteiger partial charge on any atom is 0.358 e. The number of benzene rings is 3. The highest BCUT2D eigenvalue weighted by molar-refractivity contribution is 5.95. The third kappa shape index (κ3) is 5.58. The van der Waals surface area contributed by atoms with Crippen LogP contribution >= 0.6 is 0 Å². The van der Waals surface area contributed by atoms with E-state index in [-0.39, 0.29) is 18.2 Å². The van der Waals surface area contributed by atoms with Crippen LogP contribution in [0.5, 0.6) is 5.75 Å². The topological polar surface area (TPSA) is 82.5 Å². The fraction of sp³-hybridized carbons (Fsp3) is 0.179. The molecule has 0 radical (unpaired) electrons. The van der Waals surface area contributed by atoms with Gasteiger partial charge in [0.1, 0.15) is 5.75 Å². The molecule has 0 bridgehead atoms. The van der Waals surface area contributed by atoms with Crippen LogP contribution in [0.3, 0.4) is 0 Å². The summed E-state index contributed by atoms with van der Waals surface area (Å²) >= 11 is 0. The molecule has 1 heterocycles. The molecular weight excluding hydrogens is 442 g/mol. The van der Waals surface area contributed by atoms with Crippen LogP contribution < -0.4 is 10.1 Å². The maximum absolute atomic E-state index is 12.7. The first-order valence-corrected chi connectivity index (χ1v) is 11.4. The van der Waals surface area contributed by atoms with Crippen molar-refractivity contribution in [2.24, 2.45) is 0 Å². The number of hydrogen-bond acceptors (Lipinski definition) is 5. The van der Waals surface area contributed by atoms with Crippen LogP contribution in [-0.4, -0.2) is 34.4 Å². The molecule has 0 aliphatic heterocycles. The van der Waals surface area contributed by atoms with Crippen LogP contribution in [0.25, 0.3) is 16.9 Å². The first-order valence-electron chi connectivity index (χ1n) is 11.4. The molecule has 7 nitrogen and oxygen atoms in total. The Hall–Kier alpha value is -4.39. The number of ether oxygens (including phenoxy) is 2. The highest BCUT2D eigenvalue weighted by Gasteiger charge is 2.20. The molecule has 0 fully saturated rings. The molecule has 1 atom stereocenters. The van der Waals surface area contributed by atoms with Gasteiger partial charge in [-0.05, 0) is 62.7 Å². The lowest BCUT2D eigenvalue weighted by Crippen LogP contribution is -2.30. The van der Waals surface area contributed by atoms with E-state index in [4.69, 9.17) is 9.47 Å². The van der Waals surface area contributed by atoms with Gasteiger partial charge in [0.2, 0.25) is 0 Å². The summed E-state index contributed by atoms with van der Waals surface area (Å²) in [5.41, 5.74) is 4.15. The number of anilines is 1. The predicted octanol–water partition coefficient (Wildman–Crippen LogP) is 5.43. The van der Waals surface area contributed by atoms with Gasteiger partial charge in [-0.15, -0.1) is 0 Å². The zero-order valence-corrected chi connectivity index (χ0v) is 19.9. The van der Waals surface area contributed by atoms with Crippen LogP contribution in [0.4, 0.5) is 5.69 Å². The lowest BCUT2D eigenvalue weighted by atomic mass is 10.1. The minimum absolute atomic E-state index is 0.212. The van der Waals surface area contributed by atoms with Gasteiger partial charge in [0.05, 0.1) is 18.0 Å². The smallest absolute Gasteiger partial charge is 0.358 e. The van der Waals surface area contributed by atoms with Gasteiger partial charge in [-0.2, -0.15) is 5.10 Å². The van der Waals surface area contributed by atoms with Crippen molar-refractivity contribution in [1.29, 1.82) is 0 Å². The van der Waals surface area contributed by atoms with Gasteiger partial charge in [-0.3, -0.25) is 4.79 Å². The van der Waals surface area contributed by atoms with Crippen LogP contribution in [0.2, 0.25) is 0 Å². The van der Waals surface area contributed by atoms with Crippen molar-refractivity contribution in [1.82, 2.24) is 9.78 Å². The van der Waals surface area contributed by atoms with Gasteiger partial charge in [0.25, 0.3) is 5.91 Å². The lowest BCUT2D eigenvalue weighted by Gasteiger charge is -2.15. The Kier molecular flexibility index (Phi) is 7.26. The fourth-order valence-electron chi connectivity index (χ4n) is 3.63. The molecule has 7 heteroatoms. The quantitative estimate of drug-likeness (QED) is 0.348. The highest BCUT2D eigenvalue weighted by atomic mass is 16.5. The van der Waals surface area contributed by atoms with E-state index >= 15 is 0 Å². The minimum Gasteiger partial charge on any atom is -0.481 e. The summed E-state index contributed by atoms with van der Waals surface area (Å²) < 4.78 is 12.6. The first-order chi connectivity index (χ1) is 17.0. The Morgan fingerprint density at radius 1 is 0.971 bits per heavy atom. The van der Waals surface area contributed by atoms with E-state index in [1.807, 2.05) is 67.6 Å². The van der Waals surface area contributed by atoms with E-state index in [9.17, 15) is 9.59 Å². The average molecular weight is 470 g/mol. The maximum atomic E-state index is 12.7. The van der Waals surface area contributed by atoms with E-state index in [0.29, 0.717) is 17.1 Å². The van der Waals surface area contributed by atoms with E-state index in [1.165, 1.54) is 0 Å². The van der Waals surface area contributed by atoms with Crippen molar-refractivity contribution in [3.8, 4) is 22.7 Å². The molecule has 35 heavy (non-hydrogen) atoms. The summed E-state index contributed by atoms with van der Waals surface area (Å²) in [7, 11) is 0. The standard InChI is InChI=1S/C28H27N3O4/c1-4-34-28(33)24-18-26(31(30-24)25-16-9-8-11-19(25)2)21-12-10-13-22(17-21)29-27(32)20(3)35-23-14-6-5-7-15-23/h5-18,20H,4H2,1-3H3,(H,29,32). The third-order valence-corrected chi connectivity index (χ3v) is 5.39. The number of esters is 1. The summed E-state index contributed by atoms with van der Waals surface area (Å²) in [4.78, 5) is 25.2. The molecule has 1 N–H and O–H groups in total. The summed E-state index contributed by atoms with van der Waals surface area (Å²) in [5.74, 6) is -0.138. The van der Waals surface area contributed by atoms with Crippen LogP contribution in [0.15, 0.2) is 84.9 Å². The Balaban J connectivity index is 1.63. The van der Waals surface area contributed by atoms with Gasteiger partial charge < -0.3 is 14.8 Å². The SMILES string of the molecule is CCOC(=O)c1cc(-c2cccc(NC(=O)C(C)Oc3ccccc3)c2)n(-c2ccccc2C)n1. The number of carbonyl (C=O) groups is 2. The normalized spacial score (nSPS) is 11.5. The van der Waals surface area contributed by atoms with Crippen LogP contribution in [-0.2, 0) is 9.53 Å². The average Bonchev–Trinajstić information content (AvgIpc) is 3.31. The number of aromatic nitrogens is 2. The summed E-state index contributed by atoms with van der Waals surface area (Å²) in [6.07, 6.45) is -0.686. The minimum atomic E-state index is -0.686. The second-order valence-electron chi connectivity index (χ2n) is 7.98. The van der Waals surface area contributed by atoms with Crippen molar-refractivity contribution >= 4 is 17.6 Å². The zero-order chi connectivity index (χ0) is 24.8. The molecule has 1 amide bonds. The molecule has 0 saturated heterocycles. The zero-order valence-electron chi connectivity index (χ0n) is 19.9. The molecular formula is C28H27N3O4. The molecule has 4 aromatic rings. The van der Waals surface area contributed by atoms with Gasteiger partial charge in [0, 0.05) is 11.3 Å². The third-order valence-electron chi connectivity index (χ3n) is 5.39. The predicted molar refractivity (Wildman–Crippen MR) is 135 cm³/mol. The van der Waals surface area contributed by atoms with Gasteiger partial charge in [0.15, 0.2) is 11.8 Å². The van der Waals surface area contributed by atoms with Crippen molar-refractivity contribution in [2.45, 2.75) is 26.9 Å². The van der Waals surface area contributed by atoms with E-state index in [2.05, 4.69) is 10.4 Å². The van der Waals surface area contributed by atoms with Gasteiger partial charge in [-0.1, -0.05) is 48.5 Å². The van der Waals surface area contributed by atoms with Crippen LogP contribution in [0, 0.1) is 6.92 Å². The number of aryl methyl sites for hydroxylation is 1. The van der Waals surface area contributed by atoms with Gasteiger partial charge in [-0.25, -0.2) is 9.48 Å². The second-order valence-corrected chi connectivity index (χ2v) is 7.98. The van der Waals surface area contributed by atoms with Crippen LogP contribution in [0.1, 0.15) is 29.9 Å². The number of para-hydroxylation sites is 2. The molecule has 1 unspecified atom stereocenters. The molecule has 0 aliphatic carbocycles. The molecule has 0 saturated carbocycles. The van der Waals surface area contributed by atoms with Crippen molar-refractivity contribution in [2.75, 3.05) is 11.9 Å². The van der Waals surface area contributed by atoms with E-state index < -0.39 is 12.1 Å². The Labute approximate surface area is 204 Å². The second kappa shape index (κ2) is 10.7. The molecule has 4 rings (SSSR count). The van der Waals surface area contributed by atoms with Crippen molar-refractivity contribution < 1.29 is 19.1 Å². The number of rotatable bonds is 8. The number of amides is 1. The highest BCUT2D eigenvalue weighted by Crippen LogP contribution is 2.28. The molecule has 3 aromatic carbocycles. The molecule has 1 aromatic heterocycles. The number of carbonyl (C=O) groups excluding carboxylic acids is 2. The summed E-state index contributed by atoms with van der Waals surface area (Å²) in [6, 6.07) is 26.1. The number of nitrogens with zero attached hydrogens (tertiary/aromatic N) is 2. The first kappa shape index (κ1) is 23.8. The van der Waals surface area contributed by atoms with E-state index in [0.717, 1.165) is 16.8 Å². The molecule has 0 aliphatic rings. The number of nitrogens with one attached hydrogen (secondary N) is 1. The lowest BCUT2D eigenvalue weighted by molar-refractivity contribution is -0.122. The fourth-order valence-corrected chi connectivity index (χ4v) is 3.63. The molecule has 0 spiro atoms. The Morgan fingerprint density at radius 3 is 2.46 bits per heavy atom. The number of hydrogen-bond donors (Lipinski definition) is 1. The van der Waals surface area contributed by atoms with Gasteiger partial charge >= 0.3 is 5.97 Å². The molecule has 178 valence electrons. The van der Waals surface area contributed by atoms with Crippen molar-refractivity contribution in [3.05, 3.63) is 96.2 Å². The summed E-state index contributed by atoms with van der Waals surface area (Å²) in [5, 5.41) is 7.44. The monoisotopic (exact) mass is 469 g/mol. The Bertz CT molecular complexity index is 1330. The van der Waals surface area contributed by atoms with E-state index in [1.54, 1.807) is 42.8 Å². The largest absolute Gasteiger partial charge is 0.481 e.